The first kappa shape index (κ1) is 14.9. The Kier molecular flexibility index (Phi) is 4.92. The normalized spacial score (nSPS) is 27.5. The molecule has 1 N–H and O–H groups in total. The lowest BCUT2D eigenvalue weighted by Gasteiger charge is -2.33. The Labute approximate surface area is 122 Å². The minimum absolute atomic E-state index is 0.406. The van der Waals surface area contributed by atoms with Crippen LogP contribution in [0.4, 0.5) is 0 Å². The Bertz CT molecular complexity index is 415. The molecule has 1 fully saturated rings. The average molecular weight is 281 g/mol. The molecule has 1 aliphatic rings. The molecule has 2 heteroatoms. The van der Waals surface area contributed by atoms with Crippen LogP contribution in [0.1, 0.15) is 56.6 Å². The lowest BCUT2D eigenvalue weighted by molar-refractivity contribution is 0.00674. The summed E-state index contributed by atoms with van der Waals surface area (Å²) in [6.07, 6.45) is 7.82. The van der Waals surface area contributed by atoms with Crippen molar-refractivity contribution < 1.29 is 5.11 Å². The summed E-state index contributed by atoms with van der Waals surface area (Å²) in [4.78, 5) is 0. The molecule has 0 saturated heterocycles. The highest BCUT2D eigenvalue weighted by Gasteiger charge is 2.28. The van der Waals surface area contributed by atoms with Gasteiger partial charge in [0.25, 0.3) is 0 Å². The highest BCUT2D eigenvalue weighted by Crippen LogP contribution is 2.34. The topological polar surface area (TPSA) is 20.2 Å². The molecule has 0 atom stereocenters. The second-order valence-electron chi connectivity index (χ2n) is 6.43. The summed E-state index contributed by atoms with van der Waals surface area (Å²) in [5.74, 6) is 0.796. The highest BCUT2D eigenvalue weighted by atomic mass is 35.5. The molecule has 1 saturated carbocycles. The first-order valence-electron chi connectivity index (χ1n) is 7.44. The van der Waals surface area contributed by atoms with E-state index in [1.54, 1.807) is 0 Å². The first-order chi connectivity index (χ1) is 8.96. The van der Waals surface area contributed by atoms with E-state index in [2.05, 4.69) is 25.1 Å². The van der Waals surface area contributed by atoms with E-state index in [0.29, 0.717) is 0 Å². The molecule has 0 radical (unpaired) electrons. The summed E-state index contributed by atoms with van der Waals surface area (Å²) in [5, 5.41) is 10.8. The fourth-order valence-corrected chi connectivity index (χ4v) is 3.35. The van der Waals surface area contributed by atoms with Gasteiger partial charge >= 0.3 is 0 Å². The van der Waals surface area contributed by atoms with E-state index in [0.717, 1.165) is 30.2 Å². The van der Waals surface area contributed by atoms with Crippen LogP contribution in [0.25, 0.3) is 0 Å². The van der Waals surface area contributed by atoms with Gasteiger partial charge in [-0.15, -0.1) is 0 Å². The van der Waals surface area contributed by atoms with Gasteiger partial charge in [-0.2, -0.15) is 0 Å². The Hall–Kier alpha value is -0.530. The van der Waals surface area contributed by atoms with Crippen molar-refractivity contribution in [3.63, 3.8) is 0 Å². The summed E-state index contributed by atoms with van der Waals surface area (Å²) in [7, 11) is 0. The maximum absolute atomic E-state index is 9.94. The molecule has 106 valence electrons. The van der Waals surface area contributed by atoms with Crippen molar-refractivity contribution in [3.8, 4) is 0 Å². The minimum Gasteiger partial charge on any atom is -0.390 e. The monoisotopic (exact) mass is 280 g/mol. The van der Waals surface area contributed by atoms with Crippen molar-refractivity contribution in [1.82, 2.24) is 0 Å². The van der Waals surface area contributed by atoms with Gasteiger partial charge in [0.1, 0.15) is 0 Å². The zero-order valence-corrected chi connectivity index (χ0v) is 12.8. The van der Waals surface area contributed by atoms with E-state index >= 15 is 0 Å². The number of hydrogen-bond acceptors (Lipinski definition) is 1. The number of aryl methyl sites for hydroxylation is 2. The summed E-state index contributed by atoms with van der Waals surface area (Å²) < 4.78 is 0. The largest absolute Gasteiger partial charge is 0.390 e. The zero-order valence-electron chi connectivity index (χ0n) is 12.1. The molecule has 0 heterocycles. The van der Waals surface area contributed by atoms with Crippen molar-refractivity contribution in [2.24, 2.45) is 5.92 Å². The first-order valence-corrected chi connectivity index (χ1v) is 7.81. The Morgan fingerprint density at radius 1 is 1.32 bits per heavy atom. The van der Waals surface area contributed by atoms with E-state index in [9.17, 15) is 5.11 Å². The van der Waals surface area contributed by atoms with Gasteiger partial charge in [0.15, 0.2) is 0 Å². The summed E-state index contributed by atoms with van der Waals surface area (Å²) >= 11 is 6.26. The SMILES string of the molecule is Cc1ccc(CCC[C@H]2CC[C@](C)(O)CC2)c(Cl)c1. The molecule has 0 unspecified atom stereocenters. The van der Waals surface area contributed by atoms with Crippen LogP contribution >= 0.6 is 11.6 Å². The van der Waals surface area contributed by atoms with Gasteiger partial charge in [0.2, 0.25) is 0 Å². The van der Waals surface area contributed by atoms with Crippen LogP contribution in [0.15, 0.2) is 18.2 Å². The average Bonchev–Trinajstić information content (AvgIpc) is 2.34. The molecule has 2 rings (SSSR count). The highest BCUT2D eigenvalue weighted by molar-refractivity contribution is 6.31. The summed E-state index contributed by atoms with van der Waals surface area (Å²) in [6, 6.07) is 6.34. The predicted molar refractivity (Wildman–Crippen MR) is 81.7 cm³/mol. The number of rotatable bonds is 4. The number of hydrogen-bond donors (Lipinski definition) is 1. The van der Waals surface area contributed by atoms with Crippen LogP contribution in [0.2, 0.25) is 5.02 Å². The van der Waals surface area contributed by atoms with E-state index in [1.807, 2.05) is 6.92 Å². The van der Waals surface area contributed by atoms with Gasteiger partial charge < -0.3 is 5.11 Å². The summed E-state index contributed by atoms with van der Waals surface area (Å²) in [5.41, 5.74) is 2.09. The standard InChI is InChI=1S/C17H25ClO/c1-13-6-7-15(16(18)12-13)5-3-4-14-8-10-17(2,19)11-9-14/h6-7,12,14,19H,3-5,8-11H2,1-2H3/t14-,17-. The quantitative estimate of drug-likeness (QED) is 0.831. The van der Waals surface area contributed by atoms with Crippen molar-refractivity contribution in [2.45, 2.75) is 64.4 Å². The van der Waals surface area contributed by atoms with Gasteiger partial charge in [0, 0.05) is 5.02 Å². The van der Waals surface area contributed by atoms with Crippen LogP contribution in [-0.4, -0.2) is 10.7 Å². The molecular weight excluding hydrogens is 256 g/mol. The molecule has 0 bridgehead atoms. The third kappa shape index (κ3) is 4.50. The fraction of sp³-hybridized carbons (Fsp3) is 0.647. The van der Waals surface area contributed by atoms with E-state index in [1.165, 1.54) is 36.8 Å². The third-order valence-corrected chi connectivity index (χ3v) is 4.80. The maximum atomic E-state index is 9.94. The third-order valence-electron chi connectivity index (χ3n) is 4.45. The van der Waals surface area contributed by atoms with Crippen molar-refractivity contribution in [1.29, 1.82) is 0 Å². The Morgan fingerprint density at radius 2 is 2.00 bits per heavy atom. The molecule has 1 aromatic rings. The van der Waals surface area contributed by atoms with Gasteiger partial charge in [-0.3, -0.25) is 0 Å². The molecule has 19 heavy (non-hydrogen) atoms. The number of halogens is 1. The van der Waals surface area contributed by atoms with Crippen molar-refractivity contribution >= 4 is 11.6 Å². The molecular formula is C17H25ClO. The second kappa shape index (κ2) is 6.28. The van der Waals surface area contributed by atoms with E-state index in [-0.39, 0.29) is 0 Å². The van der Waals surface area contributed by atoms with Crippen molar-refractivity contribution in [3.05, 3.63) is 34.3 Å². The Balaban J connectivity index is 1.75. The van der Waals surface area contributed by atoms with Gasteiger partial charge in [-0.1, -0.05) is 30.2 Å². The number of benzene rings is 1. The molecule has 1 aliphatic carbocycles. The Morgan fingerprint density at radius 3 is 2.63 bits per heavy atom. The zero-order chi connectivity index (χ0) is 13.9. The lowest BCUT2D eigenvalue weighted by atomic mass is 9.78. The van der Waals surface area contributed by atoms with Crippen molar-refractivity contribution in [2.75, 3.05) is 0 Å². The summed E-state index contributed by atoms with van der Waals surface area (Å²) in [6.45, 7) is 4.04. The van der Waals surface area contributed by atoms with Gasteiger partial charge in [0.05, 0.1) is 5.60 Å². The molecule has 0 amide bonds. The fourth-order valence-electron chi connectivity index (χ4n) is 3.02. The molecule has 0 aromatic heterocycles. The van der Waals surface area contributed by atoms with Gasteiger partial charge in [-0.05, 0) is 75.5 Å². The maximum Gasteiger partial charge on any atom is 0.0620 e. The molecule has 1 aromatic carbocycles. The van der Waals surface area contributed by atoms with Gasteiger partial charge in [-0.25, -0.2) is 0 Å². The lowest BCUT2D eigenvalue weighted by Crippen LogP contribution is -2.30. The molecule has 1 nitrogen and oxygen atoms in total. The van der Waals surface area contributed by atoms with Crippen LogP contribution < -0.4 is 0 Å². The molecule has 0 aliphatic heterocycles. The van der Waals surface area contributed by atoms with Crippen LogP contribution in [0.3, 0.4) is 0 Å². The predicted octanol–water partition coefficient (Wildman–Crippen LogP) is 4.91. The van der Waals surface area contributed by atoms with E-state index < -0.39 is 5.60 Å². The number of aliphatic hydroxyl groups is 1. The van der Waals surface area contributed by atoms with Crippen LogP contribution in [0, 0.1) is 12.8 Å². The second-order valence-corrected chi connectivity index (χ2v) is 6.83. The van der Waals surface area contributed by atoms with E-state index in [4.69, 9.17) is 11.6 Å². The smallest absolute Gasteiger partial charge is 0.0620 e. The van der Waals surface area contributed by atoms with Crippen LogP contribution in [0.5, 0.6) is 0 Å². The minimum atomic E-state index is -0.406. The van der Waals surface area contributed by atoms with Crippen LogP contribution in [-0.2, 0) is 6.42 Å². The molecule has 0 spiro atoms.